The van der Waals surface area contributed by atoms with E-state index < -0.39 is 0 Å². The molecule has 1 aromatic rings. The Labute approximate surface area is 105 Å². The summed E-state index contributed by atoms with van der Waals surface area (Å²) >= 11 is 5.79. The highest BCUT2D eigenvalue weighted by Gasteiger charge is 2.30. The highest BCUT2D eigenvalue weighted by atomic mass is 79.9. The summed E-state index contributed by atoms with van der Waals surface area (Å²) in [6.45, 7) is 4.63. The minimum absolute atomic E-state index is 0.758. The fourth-order valence-corrected chi connectivity index (χ4v) is 4.21. The maximum atomic E-state index is 3.78. The van der Waals surface area contributed by atoms with Crippen LogP contribution in [0.4, 0.5) is 0 Å². The van der Waals surface area contributed by atoms with Gasteiger partial charge >= 0.3 is 0 Å². The average molecular weight is 287 g/mol. The van der Waals surface area contributed by atoms with Gasteiger partial charge < -0.3 is 0 Å². The van der Waals surface area contributed by atoms with Crippen LogP contribution in [0.2, 0.25) is 0 Å². The Morgan fingerprint density at radius 1 is 1.33 bits per heavy atom. The molecular weight excluding hydrogens is 268 g/mol. The summed E-state index contributed by atoms with van der Waals surface area (Å²) in [5, 5.41) is 0. The highest BCUT2D eigenvalue weighted by molar-refractivity contribution is 9.09. The van der Waals surface area contributed by atoms with Crippen molar-refractivity contribution in [3.8, 4) is 0 Å². The van der Waals surface area contributed by atoms with Crippen molar-refractivity contribution in [2.24, 2.45) is 11.8 Å². The molecule has 15 heavy (non-hydrogen) atoms. The molecule has 0 saturated heterocycles. The second kappa shape index (κ2) is 5.01. The Balaban J connectivity index is 1.97. The molecule has 1 aliphatic carbocycles. The van der Waals surface area contributed by atoms with Gasteiger partial charge in [0.25, 0.3) is 0 Å². The van der Waals surface area contributed by atoms with Crippen LogP contribution in [0.15, 0.2) is 12.1 Å². The molecule has 1 aromatic heterocycles. The van der Waals surface area contributed by atoms with Crippen molar-refractivity contribution in [3.63, 3.8) is 0 Å². The molecule has 0 radical (unpaired) electrons. The lowest BCUT2D eigenvalue weighted by molar-refractivity contribution is 0.426. The van der Waals surface area contributed by atoms with Crippen molar-refractivity contribution in [1.82, 2.24) is 0 Å². The van der Waals surface area contributed by atoms with E-state index in [1.165, 1.54) is 30.6 Å². The number of hydrogen-bond acceptors (Lipinski definition) is 1. The SMILES string of the molecule is CCc1ccc(CC2CCC(Br)C2C)s1. The van der Waals surface area contributed by atoms with Crippen molar-refractivity contribution in [2.45, 2.75) is 44.4 Å². The molecule has 0 aromatic carbocycles. The maximum absolute atomic E-state index is 3.78. The van der Waals surface area contributed by atoms with E-state index in [2.05, 4.69) is 41.9 Å². The largest absolute Gasteiger partial charge is 0.145 e. The van der Waals surface area contributed by atoms with Crippen LogP contribution in [0.1, 0.15) is 36.4 Å². The van der Waals surface area contributed by atoms with Gasteiger partial charge in [-0.15, -0.1) is 11.3 Å². The molecule has 0 spiro atoms. The predicted molar refractivity (Wildman–Crippen MR) is 72.0 cm³/mol. The van der Waals surface area contributed by atoms with Gasteiger partial charge in [0.15, 0.2) is 0 Å². The standard InChI is InChI=1S/C13H19BrS/c1-3-11-5-6-12(15-11)8-10-4-7-13(14)9(10)2/h5-6,9-10,13H,3-4,7-8H2,1-2H3. The van der Waals surface area contributed by atoms with Crippen molar-refractivity contribution in [1.29, 1.82) is 0 Å². The first kappa shape index (κ1) is 11.7. The number of halogens is 1. The van der Waals surface area contributed by atoms with Crippen molar-refractivity contribution in [3.05, 3.63) is 21.9 Å². The number of hydrogen-bond donors (Lipinski definition) is 0. The maximum Gasteiger partial charge on any atom is 0.0174 e. The summed E-state index contributed by atoms with van der Waals surface area (Å²) in [5.41, 5.74) is 0. The lowest BCUT2D eigenvalue weighted by atomic mass is 9.94. The van der Waals surface area contributed by atoms with Crippen LogP contribution in [0, 0.1) is 11.8 Å². The predicted octanol–water partition coefficient (Wildman–Crippen LogP) is 4.66. The summed E-state index contributed by atoms with van der Waals surface area (Å²) in [6.07, 6.45) is 5.24. The van der Waals surface area contributed by atoms with Gasteiger partial charge in [-0.05, 0) is 49.7 Å². The number of rotatable bonds is 3. The number of aryl methyl sites for hydroxylation is 1. The van der Waals surface area contributed by atoms with Crippen molar-refractivity contribution >= 4 is 27.3 Å². The molecule has 1 aliphatic rings. The van der Waals surface area contributed by atoms with E-state index in [0.29, 0.717) is 0 Å². The minimum atomic E-state index is 0.758. The van der Waals surface area contributed by atoms with Gasteiger partial charge in [-0.2, -0.15) is 0 Å². The Hall–Kier alpha value is 0.180. The summed E-state index contributed by atoms with van der Waals surface area (Å²) in [4.78, 5) is 3.88. The van der Waals surface area contributed by atoms with Crippen LogP contribution >= 0.6 is 27.3 Å². The van der Waals surface area contributed by atoms with Crippen LogP contribution in [-0.2, 0) is 12.8 Å². The zero-order valence-electron chi connectivity index (χ0n) is 9.50. The number of alkyl halides is 1. The summed E-state index contributed by atoms with van der Waals surface area (Å²) in [6, 6.07) is 4.63. The van der Waals surface area contributed by atoms with Crippen LogP contribution < -0.4 is 0 Å². The van der Waals surface area contributed by atoms with E-state index in [1.54, 1.807) is 4.88 Å². The lowest BCUT2D eigenvalue weighted by Gasteiger charge is -2.16. The van der Waals surface area contributed by atoms with Crippen LogP contribution in [0.3, 0.4) is 0 Å². The molecule has 0 nitrogen and oxygen atoms in total. The zero-order valence-corrected chi connectivity index (χ0v) is 11.9. The first-order valence-corrected chi connectivity index (χ1v) is 7.65. The summed E-state index contributed by atoms with van der Waals surface area (Å²) < 4.78 is 0. The van der Waals surface area contributed by atoms with E-state index in [4.69, 9.17) is 0 Å². The lowest BCUT2D eigenvalue weighted by Crippen LogP contribution is -2.12. The fourth-order valence-electron chi connectivity index (χ4n) is 2.46. The molecule has 2 heteroatoms. The molecule has 1 saturated carbocycles. The van der Waals surface area contributed by atoms with Gasteiger partial charge in [0.05, 0.1) is 0 Å². The van der Waals surface area contributed by atoms with Crippen LogP contribution in [-0.4, -0.2) is 4.83 Å². The van der Waals surface area contributed by atoms with E-state index in [1.807, 2.05) is 11.3 Å². The third-order valence-electron chi connectivity index (χ3n) is 3.66. The van der Waals surface area contributed by atoms with Gasteiger partial charge in [0, 0.05) is 14.6 Å². The monoisotopic (exact) mass is 286 g/mol. The molecular formula is C13H19BrS. The van der Waals surface area contributed by atoms with Gasteiger partial charge in [-0.1, -0.05) is 29.8 Å². The summed E-state index contributed by atoms with van der Waals surface area (Å²) in [7, 11) is 0. The molecule has 1 heterocycles. The van der Waals surface area contributed by atoms with Crippen LogP contribution in [0.5, 0.6) is 0 Å². The molecule has 3 atom stereocenters. The van der Waals surface area contributed by atoms with E-state index in [0.717, 1.165) is 16.7 Å². The molecule has 0 N–H and O–H groups in total. The summed E-state index contributed by atoms with van der Waals surface area (Å²) in [5.74, 6) is 1.75. The van der Waals surface area contributed by atoms with E-state index >= 15 is 0 Å². The third kappa shape index (κ3) is 2.65. The molecule has 0 bridgehead atoms. The third-order valence-corrected chi connectivity index (χ3v) is 6.20. The molecule has 0 aliphatic heterocycles. The molecule has 3 unspecified atom stereocenters. The molecule has 2 rings (SSSR count). The quantitative estimate of drug-likeness (QED) is 0.709. The van der Waals surface area contributed by atoms with Crippen LogP contribution in [0.25, 0.3) is 0 Å². The van der Waals surface area contributed by atoms with Crippen molar-refractivity contribution in [2.75, 3.05) is 0 Å². The number of thiophene rings is 1. The Morgan fingerprint density at radius 2 is 2.07 bits per heavy atom. The minimum Gasteiger partial charge on any atom is -0.145 e. The van der Waals surface area contributed by atoms with E-state index in [9.17, 15) is 0 Å². The van der Waals surface area contributed by atoms with Gasteiger partial charge in [0.2, 0.25) is 0 Å². The van der Waals surface area contributed by atoms with Crippen molar-refractivity contribution < 1.29 is 0 Å². The van der Waals surface area contributed by atoms with Gasteiger partial charge in [0.1, 0.15) is 0 Å². The molecule has 1 fully saturated rings. The topological polar surface area (TPSA) is 0 Å². The second-order valence-electron chi connectivity index (χ2n) is 4.64. The second-order valence-corrected chi connectivity index (χ2v) is 7.07. The zero-order chi connectivity index (χ0) is 10.8. The van der Waals surface area contributed by atoms with Gasteiger partial charge in [-0.3, -0.25) is 0 Å². The Morgan fingerprint density at radius 3 is 2.60 bits per heavy atom. The molecule has 0 amide bonds. The first-order chi connectivity index (χ1) is 7.20. The fraction of sp³-hybridized carbons (Fsp3) is 0.692. The highest BCUT2D eigenvalue weighted by Crippen LogP contribution is 2.39. The average Bonchev–Trinajstić information content (AvgIpc) is 2.80. The Kier molecular flexibility index (Phi) is 3.89. The first-order valence-electron chi connectivity index (χ1n) is 5.92. The Bertz CT molecular complexity index is 318. The van der Waals surface area contributed by atoms with Gasteiger partial charge in [-0.25, -0.2) is 0 Å². The molecule has 84 valence electrons. The normalized spacial score (nSPS) is 31.0. The van der Waals surface area contributed by atoms with E-state index in [-0.39, 0.29) is 0 Å². The smallest absolute Gasteiger partial charge is 0.0174 e.